The van der Waals surface area contributed by atoms with Crippen LogP contribution in [0, 0.1) is 0 Å². The number of hydrogen-bond acceptors (Lipinski definition) is 5. The molecule has 0 unspecified atom stereocenters. The van der Waals surface area contributed by atoms with Gasteiger partial charge in [0.25, 0.3) is 0 Å². The van der Waals surface area contributed by atoms with Gasteiger partial charge in [-0.3, -0.25) is 4.79 Å². The molecule has 2 heterocycles. The molecule has 30 heavy (non-hydrogen) atoms. The quantitative estimate of drug-likeness (QED) is 0.647. The first-order chi connectivity index (χ1) is 14.5. The number of carbonyl (C=O) groups is 1. The van der Waals surface area contributed by atoms with Crippen LogP contribution < -0.4 is 20.8 Å². The molecule has 0 radical (unpaired) electrons. The van der Waals surface area contributed by atoms with Gasteiger partial charge in [-0.1, -0.05) is 24.3 Å². The van der Waals surface area contributed by atoms with Gasteiger partial charge in [-0.25, -0.2) is 4.79 Å². The third-order valence-electron chi connectivity index (χ3n) is 6.10. The molecule has 2 aliphatic rings. The van der Waals surface area contributed by atoms with Crippen LogP contribution in [0.5, 0.6) is 5.75 Å². The Hall–Kier alpha value is -3.48. The van der Waals surface area contributed by atoms with Crippen molar-refractivity contribution >= 4 is 28.2 Å². The lowest BCUT2D eigenvalue weighted by molar-refractivity contribution is 0.0695. The summed E-state index contributed by atoms with van der Waals surface area (Å²) < 4.78 is 7.71. The highest BCUT2D eigenvalue weighted by Gasteiger charge is 2.31. The summed E-state index contributed by atoms with van der Waals surface area (Å²) in [7, 11) is 1.57. The monoisotopic (exact) mass is 405 g/mol. The largest absolute Gasteiger partial charge is 0.492 e. The van der Waals surface area contributed by atoms with E-state index in [1.807, 2.05) is 16.7 Å². The van der Waals surface area contributed by atoms with Gasteiger partial charge in [0.1, 0.15) is 11.3 Å². The Labute approximate surface area is 173 Å². The van der Waals surface area contributed by atoms with Gasteiger partial charge >= 0.3 is 5.97 Å². The van der Waals surface area contributed by atoms with Crippen LogP contribution in [0.3, 0.4) is 0 Å². The Kier molecular flexibility index (Phi) is 4.20. The Morgan fingerprint density at radius 1 is 1.23 bits per heavy atom. The molecule has 7 heteroatoms. The van der Waals surface area contributed by atoms with Gasteiger partial charge in [-0.05, 0) is 36.5 Å². The van der Waals surface area contributed by atoms with E-state index in [2.05, 4.69) is 17.0 Å². The van der Waals surface area contributed by atoms with E-state index < -0.39 is 11.4 Å². The Balaban J connectivity index is 1.76. The number of aromatic carboxylic acids is 1. The molecule has 154 valence electrons. The summed E-state index contributed by atoms with van der Waals surface area (Å²) in [5.41, 5.74) is 10.0. The van der Waals surface area contributed by atoms with Crippen LogP contribution in [0.4, 0.5) is 11.4 Å². The van der Waals surface area contributed by atoms with Crippen molar-refractivity contribution in [1.82, 2.24) is 4.57 Å². The topological polar surface area (TPSA) is 97.8 Å². The standard InChI is InChI=1S/C23H23N3O4/c1-30-22-19-16(21(27)17(23(28)29)12-26(19)15-6-7-15)10-18(24)20(22)25-9-8-13-4-2-3-5-14(13)11-25/h2-5,10,12,15H,6-9,11,24H2,1H3,(H,28,29). The lowest BCUT2D eigenvalue weighted by Gasteiger charge is -2.33. The molecule has 1 aliphatic carbocycles. The van der Waals surface area contributed by atoms with Gasteiger partial charge in [0.05, 0.1) is 23.7 Å². The predicted molar refractivity (Wildman–Crippen MR) is 116 cm³/mol. The minimum absolute atomic E-state index is 0.165. The Bertz CT molecular complexity index is 1240. The van der Waals surface area contributed by atoms with Crippen LogP contribution in [-0.4, -0.2) is 29.3 Å². The minimum Gasteiger partial charge on any atom is -0.492 e. The van der Waals surface area contributed by atoms with Gasteiger partial charge in [0, 0.05) is 25.3 Å². The maximum atomic E-state index is 12.9. The van der Waals surface area contributed by atoms with Crippen molar-refractivity contribution < 1.29 is 14.6 Å². The number of rotatable bonds is 4. The second kappa shape index (κ2) is 6.79. The molecule has 0 spiro atoms. The number of anilines is 2. The third-order valence-corrected chi connectivity index (χ3v) is 6.10. The average Bonchev–Trinajstić information content (AvgIpc) is 3.58. The number of nitrogens with two attached hydrogens (primary N) is 1. The molecule has 0 bridgehead atoms. The van der Waals surface area contributed by atoms with E-state index in [1.165, 1.54) is 17.3 Å². The van der Waals surface area contributed by atoms with Crippen molar-refractivity contribution in [2.24, 2.45) is 0 Å². The van der Waals surface area contributed by atoms with E-state index in [9.17, 15) is 14.7 Å². The molecule has 1 aliphatic heterocycles. The zero-order valence-electron chi connectivity index (χ0n) is 16.7. The van der Waals surface area contributed by atoms with Crippen molar-refractivity contribution in [2.45, 2.75) is 31.8 Å². The highest BCUT2D eigenvalue weighted by molar-refractivity contribution is 6.00. The van der Waals surface area contributed by atoms with Crippen LogP contribution in [0.25, 0.3) is 10.9 Å². The summed E-state index contributed by atoms with van der Waals surface area (Å²) in [6.45, 7) is 1.48. The van der Waals surface area contributed by atoms with E-state index in [0.29, 0.717) is 23.5 Å². The van der Waals surface area contributed by atoms with Crippen LogP contribution in [-0.2, 0) is 13.0 Å². The normalized spacial score (nSPS) is 15.8. The van der Waals surface area contributed by atoms with Crippen molar-refractivity contribution in [2.75, 3.05) is 24.3 Å². The van der Waals surface area contributed by atoms with Gasteiger partial charge in [0.15, 0.2) is 5.75 Å². The first-order valence-corrected chi connectivity index (χ1v) is 10.1. The summed E-state index contributed by atoms with van der Waals surface area (Å²) in [5.74, 6) is -0.698. The number of hydrogen-bond donors (Lipinski definition) is 2. The molecule has 1 saturated carbocycles. The molecule has 5 rings (SSSR count). The lowest BCUT2D eigenvalue weighted by atomic mass is 9.98. The van der Waals surface area contributed by atoms with Crippen molar-refractivity contribution in [3.63, 3.8) is 0 Å². The zero-order valence-corrected chi connectivity index (χ0v) is 16.7. The predicted octanol–water partition coefficient (Wildman–Crippen LogP) is 3.19. The molecule has 3 N–H and O–H groups in total. The van der Waals surface area contributed by atoms with E-state index in [4.69, 9.17) is 10.5 Å². The number of methoxy groups -OCH3 is 1. The molecule has 1 aromatic heterocycles. The second-order valence-corrected chi connectivity index (χ2v) is 8.00. The molecule has 0 atom stereocenters. The van der Waals surface area contributed by atoms with Crippen LogP contribution in [0.2, 0.25) is 0 Å². The molecule has 3 aromatic rings. The number of benzene rings is 2. The summed E-state index contributed by atoms with van der Waals surface area (Å²) >= 11 is 0. The fourth-order valence-corrected chi connectivity index (χ4v) is 4.49. The Morgan fingerprint density at radius 2 is 1.97 bits per heavy atom. The van der Waals surface area contributed by atoms with E-state index in [-0.39, 0.29) is 17.0 Å². The van der Waals surface area contributed by atoms with Gasteiger partial charge in [-0.2, -0.15) is 0 Å². The van der Waals surface area contributed by atoms with E-state index >= 15 is 0 Å². The maximum absolute atomic E-state index is 12.9. The fraction of sp³-hybridized carbons (Fsp3) is 0.304. The summed E-state index contributed by atoms with van der Waals surface area (Å²) in [6, 6.07) is 10.1. The smallest absolute Gasteiger partial charge is 0.341 e. The number of carboxylic acid groups (broad SMARTS) is 1. The van der Waals surface area contributed by atoms with Gasteiger partial charge < -0.3 is 25.0 Å². The third kappa shape index (κ3) is 2.81. The number of aromatic nitrogens is 1. The second-order valence-electron chi connectivity index (χ2n) is 8.00. The number of nitrogen functional groups attached to an aromatic ring is 1. The summed E-state index contributed by atoms with van der Waals surface area (Å²) in [5, 5.41) is 9.80. The summed E-state index contributed by atoms with van der Waals surface area (Å²) in [6.07, 6.45) is 4.23. The molecule has 1 fully saturated rings. The lowest BCUT2D eigenvalue weighted by Crippen LogP contribution is -2.31. The fourth-order valence-electron chi connectivity index (χ4n) is 4.49. The zero-order chi connectivity index (χ0) is 21.0. The van der Waals surface area contributed by atoms with Crippen LogP contribution in [0.15, 0.2) is 41.3 Å². The van der Waals surface area contributed by atoms with Crippen molar-refractivity contribution in [3.05, 3.63) is 63.4 Å². The first-order valence-electron chi connectivity index (χ1n) is 10.1. The molecule has 7 nitrogen and oxygen atoms in total. The maximum Gasteiger partial charge on any atom is 0.341 e. The minimum atomic E-state index is -1.23. The molecule has 0 amide bonds. The molecular formula is C23H23N3O4. The van der Waals surface area contributed by atoms with Crippen molar-refractivity contribution in [1.29, 1.82) is 0 Å². The van der Waals surface area contributed by atoms with Crippen LogP contribution >= 0.6 is 0 Å². The number of carboxylic acids is 1. The van der Waals surface area contributed by atoms with Gasteiger partial charge in [-0.15, -0.1) is 0 Å². The number of fused-ring (bicyclic) bond motifs is 2. The molecular weight excluding hydrogens is 382 g/mol. The van der Waals surface area contributed by atoms with Crippen LogP contribution in [0.1, 0.15) is 40.4 Å². The highest BCUT2D eigenvalue weighted by atomic mass is 16.5. The Morgan fingerprint density at radius 3 is 2.63 bits per heavy atom. The SMILES string of the molecule is COc1c(N2CCc3ccccc3C2)c(N)cc2c(=O)c(C(=O)O)cn(C3CC3)c12. The molecule has 0 saturated heterocycles. The summed E-state index contributed by atoms with van der Waals surface area (Å²) in [4.78, 5) is 26.7. The highest BCUT2D eigenvalue weighted by Crippen LogP contribution is 2.45. The average molecular weight is 405 g/mol. The molecule has 2 aromatic carbocycles. The van der Waals surface area contributed by atoms with E-state index in [1.54, 1.807) is 13.2 Å². The van der Waals surface area contributed by atoms with Gasteiger partial charge in [0.2, 0.25) is 5.43 Å². The van der Waals surface area contributed by atoms with Crippen molar-refractivity contribution in [3.8, 4) is 5.75 Å². The number of ether oxygens (including phenoxy) is 1. The number of nitrogens with zero attached hydrogens (tertiary/aromatic N) is 2. The van der Waals surface area contributed by atoms with E-state index in [0.717, 1.165) is 31.5 Å². The number of pyridine rings is 1. The first kappa shape index (κ1) is 18.5.